The van der Waals surface area contributed by atoms with Crippen LogP contribution in [-0.2, 0) is 0 Å². The first-order chi connectivity index (χ1) is 52.6. The molecule has 0 radical (unpaired) electrons. The molecule has 0 fully saturated rings. The van der Waals surface area contributed by atoms with E-state index in [0.29, 0.717) is 0 Å². The molecule has 0 aliphatic heterocycles. The van der Waals surface area contributed by atoms with E-state index in [0.717, 1.165) is 134 Å². The molecule has 0 N–H and O–H groups in total. The zero-order valence-corrected chi connectivity index (χ0v) is 57.9. The second kappa shape index (κ2) is 27.3. The highest BCUT2D eigenvalue weighted by molar-refractivity contribution is 6.20. The molecule has 20 rings (SSSR count). The van der Waals surface area contributed by atoms with Gasteiger partial charge in [-0.3, -0.25) is 0 Å². The summed E-state index contributed by atoms with van der Waals surface area (Å²) in [6, 6.07) is 146. The zero-order chi connectivity index (χ0) is 70.3. The lowest BCUT2D eigenvalue weighted by molar-refractivity contribution is 0.673. The van der Waals surface area contributed by atoms with Crippen LogP contribution in [0.1, 0.15) is 0 Å². The van der Waals surface area contributed by atoms with Crippen molar-refractivity contribution in [3.05, 3.63) is 413 Å². The lowest BCUT2D eigenvalue weighted by Crippen LogP contribution is -2.09. The van der Waals surface area contributed by atoms with Gasteiger partial charge in [0.2, 0.25) is 0 Å². The maximum atomic E-state index is 6.83. The number of fused-ring (bicyclic) bond motifs is 10. The Morgan fingerprint density at radius 2 is 0.406 bits per heavy atom. The lowest BCUT2D eigenvalue weighted by Gasteiger charge is -2.26. The first-order valence-electron chi connectivity index (χ1n) is 36.0. The third kappa shape index (κ3) is 11.5. The number of benzene rings is 16. The Balaban J connectivity index is 0.000000145. The summed E-state index contributed by atoms with van der Waals surface area (Å²) in [5, 5.41) is 4.41. The largest absolute Gasteiger partial charge is 0.453 e. The molecule has 0 saturated carbocycles. The van der Waals surface area contributed by atoms with Crippen molar-refractivity contribution in [1.82, 2.24) is 9.13 Å². The second-order valence-corrected chi connectivity index (χ2v) is 26.7. The molecule has 6 nitrogen and oxygen atoms in total. The van der Waals surface area contributed by atoms with Crippen LogP contribution in [0.4, 0.5) is 34.1 Å². The summed E-state index contributed by atoms with van der Waals surface area (Å²) in [7, 11) is 0. The Hall–Kier alpha value is -14.2. The van der Waals surface area contributed by atoms with Gasteiger partial charge in [-0.2, -0.15) is 0 Å². The third-order valence-corrected chi connectivity index (χ3v) is 20.4. The predicted octanol–water partition coefficient (Wildman–Crippen LogP) is 28.0. The number of hydrogen-bond donors (Lipinski definition) is 0. The molecule has 106 heavy (non-hydrogen) atoms. The number of rotatable bonds is 14. The van der Waals surface area contributed by atoms with Gasteiger partial charge >= 0.3 is 0 Å². The van der Waals surface area contributed by atoms with E-state index in [1.165, 1.54) is 44.5 Å². The van der Waals surface area contributed by atoms with Gasteiger partial charge in [0.25, 0.3) is 0 Å². The quantitative estimate of drug-likeness (QED) is 0.109. The molecular weight excluding hydrogens is 1290 g/mol. The topological polar surface area (TPSA) is 42.6 Å². The van der Waals surface area contributed by atoms with Crippen LogP contribution < -0.4 is 9.80 Å². The summed E-state index contributed by atoms with van der Waals surface area (Å²) in [4.78, 5) is 4.63. The fourth-order valence-electron chi connectivity index (χ4n) is 15.3. The summed E-state index contributed by atoms with van der Waals surface area (Å²) >= 11 is 0. The number of para-hydroxylation sites is 7. The van der Waals surface area contributed by atoms with Crippen molar-refractivity contribution in [2.75, 3.05) is 9.80 Å². The molecule has 16 aromatic carbocycles. The van der Waals surface area contributed by atoms with Gasteiger partial charge in [-0.25, -0.2) is 0 Å². The standard InChI is InChI=1S/2C50H34N2O/c1-4-13-35(14-5-1)37-23-29-41(30-24-37)51(42-31-25-38(26-32-42)36-15-6-2-7-16-36)43-33-27-39(28-34-43)44-20-12-21-46-48-50(53-49(44)46)45-19-10-11-22-47(45)52(48)40-17-8-3-9-18-40;1-4-13-35(14-5-1)36-23-25-37(26-24-36)38-27-31-42(32-28-38)51(40-15-6-2-7-16-40)43-33-29-39(30-34-43)44-20-12-21-46-48-50(53-49(44)46)45-19-10-11-22-47(45)52(48)41-17-8-3-9-18-41/h2*1-34H. The number of anilines is 6. The molecule has 0 atom stereocenters. The first kappa shape index (κ1) is 62.8. The van der Waals surface area contributed by atoms with E-state index in [1.54, 1.807) is 0 Å². The average molecular weight is 1360 g/mol. The average Bonchev–Trinajstić information content (AvgIpc) is 1.57. The third-order valence-electron chi connectivity index (χ3n) is 20.4. The van der Waals surface area contributed by atoms with Crippen LogP contribution >= 0.6 is 0 Å². The van der Waals surface area contributed by atoms with Crippen molar-refractivity contribution in [2.45, 2.75) is 0 Å². The summed E-state index contributed by atoms with van der Waals surface area (Å²) in [5.41, 5.74) is 30.8. The van der Waals surface area contributed by atoms with Gasteiger partial charge in [0, 0.05) is 78.2 Å². The summed E-state index contributed by atoms with van der Waals surface area (Å²) < 4.78 is 18.3. The molecule has 6 heteroatoms. The van der Waals surface area contributed by atoms with E-state index in [-0.39, 0.29) is 0 Å². The summed E-state index contributed by atoms with van der Waals surface area (Å²) in [6.45, 7) is 0. The molecule has 0 amide bonds. The maximum Gasteiger partial charge on any atom is 0.161 e. The molecule has 500 valence electrons. The van der Waals surface area contributed by atoms with Crippen molar-refractivity contribution in [3.63, 3.8) is 0 Å². The number of aromatic nitrogens is 2. The normalized spacial score (nSPS) is 11.4. The van der Waals surface area contributed by atoms with Crippen LogP contribution in [0.3, 0.4) is 0 Å². The minimum atomic E-state index is 0.894. The molecule has 0 spiro atoms. The van der Waals surface area contributed by atoms with Crippen LogP contribution in [-0.4, -0.2) is 9.13 Å². The highest BCUT2D eigenvalue weighted by Gasteiger charge is 2.25. The Labute approximate surface area is 614 Å². The molecule has 0 aliphatic rings. The van der Waals surface area contributed by atoms with Gasteiger partial charge in [0.15, 0.2) is 11.2 Å². The summed E-state index contributed by atoms with van der Waals surface area (Å²) in [5.74, 6) is 0. The van der Waals surface area contributed by atoms with Gasteiger partial charge in [0.05, 0.1) is 11.0 Å². The van der Waals surface area contributed by atoms with Crippen molar-refractivity contribution in [2.24, 2.45) is 0 Å². The molecule has 0 aliphatic carbocycles. The smallest absolute Gasteiger partial charge is 0.161 e. The number of nitrogens with zero attached hydrogens (tertiary/aromatic N) is 4. The highest BCUT2D eigenvalue weighted by Crippen LogP contribution is 2.47. The summed E-state index contributed by atoms with van der Waals surface area (Å²) in [6.07, 6.45) is 0. The number of furan rings is 2. The van der Waals surface area contributed by atoms with E-state index in [1.807, 2.05) is 0 Å². The van der Waals surface area contributed by atoms with Crippen molar-refractivity contribution >= 4 is 100 Å². The predicted molar refractivity (Wildman–Crippen MR) is 443 cm³/mol. The van der Waals surface area contributed by atoms with E-state index in [4.69, 9.17) is 8.83 Å². The van der Waals surface area contributed by atoms with Crippen molar-refractivity contribution in [1.29, 1.82) is 0 Å². The van der Waals surface area contributed by atoms with Crippen LogP contribution in [0, 0.1) is 0 Å². The Kier molecular flexibility index (Phi) is 16.2. The first-order valence-corrected chi connectivity index (χ1v) is 36.0. The Bertz CT molecular complexity index is 6390. The monoisotopic (exact) mass is 1360 g/mol. The minimum Gasteiger partial charge on any atom is -0.453 e. The van der Waals surface area contributed by atoms with Gasteiger partial charge in [-0.1, -0.05) is 279 Å². The SMILES string of the molecule is c1ccc(-c2ccc(-c3ccc(N(c4ccccc4)c4ccc(-c5cccc6c5oc5c7ccccc7n(-c7ccccc7)c65)cc4)cc3)cc2)cc1.c1ccc(-c2ccc(N(c3ccc(-c4ccccc4)cc3)c3ccc(-c4cccc5c4oc4c6ccccc6n(-c6ccccc6)c54)cc3)cc2)cc1. The van der Waals surface area contributed by atoms with E-state index >= 15 is 0 Å². The van der Waals surface area contributed by atoms with E-state index < -0.39 is 0 Å². The molecule has 0 saturated heterocycles. The fraction of sp³-hybridized carbons (Fsp3) is 0. The fourth-order valence-corrected chi connectivity index (χ4v) is 15.3. The molecule has 0 bridgehead atoms. The van der Waals surface area contributed by atoms with Gasteiger partial charge in [-0.15, -0.1) is 0 Å². The van der Waals surface area contributed by atoms with Gasteiger partial charge < -0.3 is 27.8 Å². The van der Waals surface area contributed by atoms with Crippen LogP contribution in [0.5, 0.6) is 0 Å². The maximum absolute atomic E-state index is 6.83. The molecule has 20 aromatic rings. The lowest BCUT2D eigenvalue weighted by atomic mass is 10.00. The zero-order valence-electron chi connectivity index (χ0n) is 57.9. The van der Waals surface area contributed by atoms with Crippen molar-refractivity contribution < 1.29 is 8.83 Å². The molecule has 4 aromatic heterocycles. The van der Waals surface area contributed by atoms with Crippen LogP contribution in [0.25, 0.3) is 144 Å². The van der Waals surface area contributed by atoms with Gasteiger partial charge in [-0.05, 0) is 189 Å². The van der Waals surface area contributed by atoms with Crippen LogP contribution in [0.2, 0.25) is 0 Å². The number of hydrogen-bond acceptors (Lipinski definition) is 4. The minimum absolute atomic E-state index is 0.894. The van der Waals surface area contributed by atoms with E-state index in [2.05, 4.69) is 431 Å². The van der Waals surface area contributed by atoms with Gasteiger partial charge in [0.1, 0.15) is 22.2 Å². The molecular formula is C100H68N4O2. The Morgan fingerprint density at radius 3 is 0.726 bits per heavy atom. The highest BCUT2D eigenvalue weighted by atomic mass is 16.3. The van der Waals surface area contributed by atoms with Crippen LogP contribution in [0.15, 0.2) is 421 Å². The van der Waals surface area contributed by atoms with E-state index in [9.17, 15) is 0 Å². The van der Waals surface area contributed by atoms with Crippen molar-refractivity contribution in [3.8, 4) is 78.1 Å². The second-order valence-electron chi connectivity index (χ2n) is 26.7. The molecule has 4 heterocycles. The molecule has 0 unspecified atom stereocenters. The Morgan fingerprint density at radius 1 is 0.170 bits per heavy atom.